The van der Waals surface area contributed by atoms with Gasteiger partial charge in [0.25, 0.3) is 5.91 Å². The number of rotatable bonds is 7. The fraction of sp³-hybridized carbons (Fsp3) is 0.476. The largest absolute Gasteiger partial charge is 0.480 e. The molecule has 2 heterocycles. The van der Waals surface area contributed by atoms with Gasteiger partial charge >= 0.3 is 6.09 Å². The van der Waals surface area contributed by atoms with Crippen molar-refractivity contribution in [1.82, 2.24) is 15.6 Å². The van der Waals surface area contributed by atoms with Gasteiger partial charge in [-0.1, -0.05) is 0 Å². The molecule has 0 aliphatic carbocycles. The van der Waals surface area contributed by atoms with Crippen LogP contribution in [-0.4, -0.2) is 62.2 Å². The van der Waals surface area contributed by atoms with E-state index in [2.05, 4.69) is 15.6 Å². The number of ether oxygens (including phenoxy) is 3. The summed E-state index contributed by atoms with van der Waals surface area (Å²) in [7, 11) is 0. The van der Waals surface area contributed by atoms with E-state index in [0.29, 0.717) is 32.0 Å². The summed E-state index contributed by atoms with van der Waals surface area (Å²) >= 11 is 1.37. The van der Waals surface area contributed by atoms with E-state index in [9.17, 15) is 18.4 Å². The van der Waals surface area contributed by atoms with Crippen molar-refractivity contribution in [3.05, 3.63) is 29.1 Å². The molecular formula is C21H26F2N4O5S. The van der Waals surface area contributed by atoms with E-state index in [1.54, 1.807) is 26.2 Å². The van der Waals surface area contributed by atoms with Crippen LogP contribution in [0.3, 0.4) is 0 Å². The SMILES string of the molecule is CC(C)(C)OC(=O)NCNC(=O)COc1c(-c2csc(N3CCOCC3)n2)ccc(F)c1F. The highest BCUT2D eigenvalue weighted by Crippen LogP contribution is 2.36. The second-order valence-corrected chi connectivity index (χ2v) is 8.93. The number of amides is 2. The zero-order valence-electron chi connectivity index (χ0n) is 18.6. The molecule has 1 aliphatic heterocycles. The Morgan fingerprint density at radius 3 is 2.64 bits per heavy atom. The molecule has 12 heteroatoms. The monoisotopic (exact) mass is 484 g/mol. The van der Waals surface area contributed by atoms with Gasteiger partial charge in [0, 0.05) is 24.0 Å². The third-order valence-corrected chi connectivity index (χ3v) is 5.27. The Kier molecular flexibility index (Phi) is 8.03. The van der Waals surface area contributed by atoms with Crippen LogP contribution in [-0.2, 0) is 14.3 Å². The van der Waals surface area contributed by atoms with Crippen molar-refractivity contribution in [3.8, 4) is 17.0 Å². The van der Waals surface area contributed by atoms with E-state index in [1.807, 2.05) is 4.90 Å². The Morgan fingerprint density at radius 1 is 1.21 bits per heavy atom. The van der Waals surface area contributed by atoms with Crippen molar-refractivity contribution in [2.75, 3.05) is 44.5 Å². The second kappa shape index (κ2) is 10.8. The Morgan fingerprint density at radius 2 is 1.94 bits per heavy atom. The minimum absolute atomic E-state index is 0.218. The maximum Gasteiger partial charge on any atom is 0.409 e. The van der Waals surface area contributed by atoms with E-state index >= 15 is 0 Å². The topological polar surface area (TPSA) is 102 Å². The molecule has 0 bridgehead atoms. The normalized spacial score (nSPS) is 14.0. The number of anilines is 1. The molecule has 0 radical (unpaired) electrons. The minimum atomic E-state index is -1.21. The third-order valence-electron chi connectivity index (χ3n) is 4.36. The molecule has 2 aromatic rings. The van der Waals surface area contributed by atoms with E-state index < -0.39 is 41.6 Å². The average Bonchev–Trinajstić information content (AvgIpc) is 3.24. The molecule has 2 N–H and O–H groups in total. The molecule has 2 amide bonds. The Balaban J connectivity index is 1.62. The van der Waals surface area contributed by atoms with Gasteiger partial charge in [-0.15, -0.1) is 11.3 Å². The maximum atomic E-state index is 14.5. The standard InChI is InChI=1S/C21H26F2N4O5S/c1-21(2,3)32-20(29)25-12-24-16(28)10-31-18-13(4-5-14(22)17(18)23)15-11-33-19(26-15)27-6-8-30-9-7-27/h4-5,11H,6-10,12H2,1-3H3,(H,24,28)(H,25,29). The quantitative estimate of drug-likeness (QED) is 0.583. The summed E-state index contributed by atoms with van der Waals surface area (Å²) in [6.07, 6.45) is -0.707. The summed E-state index contributed by atoms with van der Waals surface area (Å²) in [6, 6.07) is 2.34. The molecule has 9 nitrogen and oxygen atoms in total. The first-order valence-electron chi connectivity index (χ1n) is 10.3. The van der Waals surface area contributed by atoms with Crippen LogP contribution >= 0.6 is 11.3 Å². The van der Waals surface area contributed by atoms with Gasteiger partial charge in [0.05, 0.1) is 25.6 Å². The maximum absolute atomic E-state index is 14.5. The van der Waals surface area contributed by atoms with E-state index in [1.165, 1.54) is 17.4 Å². The smallest absolute Gasteiger partial charge is 0.409 e. The molecule has 0 spiro atoms. The average molecular weight is 485 g/mol. The van der Waals surface area contributed by atoms with Gasteiger partial charge in [-0.25, -0.2) is 14.2 Å². The summed E-state index contributed by atoms with van der Waals surface area (Å²) in [6.45, 7) is 6.85. The highest BCUT2D eigenvalue weighted by atomic mass is 32.1. The van der Waals surface area contributed by atoms with Crippen molar-refractivity contribution in [2.45, 2.75) is 26.4 Å². The minimum Gasteiger partial charge on any atom is -0.480 e. The first-order valence-corrected chi connectivity index (χ1v) is 11.1. The van der Waals surface area contributed by atoms with Gasteiger partial charge in [0.1, 0.15) is 5.60 Å². The van der Waals surface area contributed by atoms with E-state index in [0.717, 1.165) is 11.2 Å². The number of thiazole rings is 1. The third kappa shape index (κ3) is 6.99. The lowest BCUT2D eigenvalue weighted by Crippen LogP contribution is -2.41. The molecule has 3 rings (SSSR count). The predicted octanol–water partition coefficient (Wildman–Crippen LogP) is 2.90. The zero-order valence-corrected chi connectivity index (χ0v) is 19.4. The lowest BCUT2D eigenvalue weighted by Gasteiger charge is -2.26. The Labute approximate surface area is 194 Å². The van der Waals surface area contributed by atoms with Gasteiger partial charge in [-0.05, 0) is 32.9 Å². The van der Waals surface area contributed by atoms with Gasteiger partial charge in [0.2, 0.25) is 5.82 Å². The Bertz CT molecular complexity index is 990. The summed E-state index contributed by atoms with van der Waals surface area (Å²) in [5, 5.41) is 7.19. The van der Waals surface area contributed by atoms with Gasteiger partial charge in [-0.2, -0.15) is 4.39 Å². The molecule has 1 fully saturated rings. The van der Waals surface area contributed by atoms with E-state index in [-0.39, 0.29) is 12.2 Å². The summed E-state index contributed by atoms with van der Waals surface area (Å²) < 4.78 is 44.1. The highest BCUT2D eigenvalue weighted by Gasteiger charge is 2.22. The number of alkyl carbamates (subject to hydrolysis) is 1. The number of nitrogens with zero attached hydrogens (tertiary/aromatic N) is 2. The summed E-state index contributed by atoms with van der Waals surface area (Å²) in [4.78, 5) is 30.2. The molecule has 33 heavy (non-hydrogen) atoms. The second-order valence-electron chi connectivity index (χ2n) is 8.10. The number of hydrogen-bond acceptors (Lipinski definition) is 8. The number of hydrogen-bond donors (Lipinski definition) is 2. The van der Waals surface area contributed by atoms with Crippen LogP contribution in [0.1, 0.15) is 20.8 Å². The Hall–Kier alpha value is -2.99. The molecule has 180 valence electrons. The predicted molar refractivity (Wildman–Crippen MR) is 118 cm³/mol. The molecular weight excluding hydrogens is 458 g/mol. The van der Waals surface area contributed by atoms with E-state index in [4.69, 9.17) is 14.2 Å². The fourth-order valence-corrected chi connectivity index (χ4v) is 3.76. The van der Waals surface area contributed by atoms with Crippen LogP contribution in [0.25, 0.3) is 11.3 Å². The molecule has 1 saturated heterocycles. The molecule has 0 unspecified atom stereocenters. The number of aromatic nitrogens is 1. The molecule has 0 saturated carbocycles. The molecule has 1 aromatic carbocycles. The summed E-state index contributed by atoms with van der Waals surface area (Å²) in [5.74, 6) is -3.38. The lowest BCUT2D eigenvalue weighted by atomic mass is 10.1. The number of morpholine rings is 1. The van der Waals surface area contributed by atoms with Gasteiger partial charge in [0.15, 0.2) is 23.3 Å². The van der Waals surface area contributed by atoms with Crippen LogP contribution in [0.2, 0.25) is 0 Å². The van der Waals surface area contributed by atoms with Crippen molar-refractivity contribution in [1.29, 1.82) is 0 Å². The van der Waals surface area contributed by atoms with Crippen molar-refractivity contribution in [3.63, 3.8) is 0 Å². The number of nitrogens with one attached hydrogen (secondary N) is 2. The molecule has 1 aromatic heterocycles. The van der Waals surface area contributed by atoms with Crippen molar-refractivity contribution >= 4 is 28.5 Å². The number of carbonyl (C=O) groups is 2. The van der Waals surface area contributed by atoms with Crippen molar-refractivity contribution < 1.29 is 32.6 Å². The van der Waals surface area contributed by atoms with Gasteiger partial charge < -0.3 is 29.7 Å². The summed E-state index contributed by atoms with van der Waals surface area (Å²) in [5.41, 5.74) is -0.0495. The lowest BCUT2D eigenvalue weighted by molar-refractivity contribution is -0.123. The molecule has 0 atom stereocenters. The fourth-order valence-electron chi connectivity index (χ4n) is 2.88. The number of benzene rings is 1. The van der Waals surface area contributed by atoms with Crippen molar-refractivity contribution in [2.24, 2.45) is 0 Å². The van der Waals surface area contributed by atoms with Crippen LogP contribution < -0.4 is 20.3 Å². The zero-order chi connectivity index (χ0) is 24.0. The first-order chi connectivity index (χ1) is 15.6. The van der Waals surface area contributed by atoms with Gasteiger partial charge in [-0.3, -0.25) is 4.79 Å². The highest BCUT2D eigenvalue weighted by molar-refractivity contribution is 7.14. The van der Waals surface area contributed by atoms with Crippen LogP contribution in [0.4, 0.5) is 18.7 Å². The first kappa shape index (κ1) is 24.6. The van der Waals surface area contributed by atoms with Crippen LogP contribution in [0, 0.1) is 11.6 Å². The number of halogens is 2. The molecule has 1 aliphatic rings. The number of carbonyl (C=O) groups excluding carboxylic acids is 2. The van der Waals surface area contributed by atoms with Crippen LogP contribution in [0.5, 0.6) is 5.75 Å². The van der Waals surface area contributed by atoms with Crippen LogP contribution in [0.15, 0.2) is 17.5 Å².